The first-order chi connectivity index (χ1) is 8.79. The normalized spacial score (nSPS) is 11.6. The van der Waals surface area contributed by atoms with Crippen molar-refractivity contribution >= 4 is 28.7 Å². The van der Waals surface area contributed by atoms with Gasteiger partial charge in [0.2, 0.25) is 0 Å². The molecule has 0 aliphatic heterocycles. The molecule has 1 N–H and O–H groups in total. The summed E-state index contributed by atoms with van der Waals surface area (Å²) >= 11 is 5.73. The number of halogens is 4. The second kappa shape index (κ2) is 4.58. The summed E-state index contributed by atoms with van der Waals surface area (Å²) in [5.41, 5.74) is -0.994. The molecule has 0 unspecified atom stereocenters. The number of carboxylic acid groups (broad SMARTS) is 1. The van der Waals surface area contributed by atoms with E-state index >= 15 is 0 Å². The van der Waals surface area contributed by atoms with Crippen LogP contribution in [-0.4, -0.2) is 16.2 Å². The minimum Gasteiger partial charge on any atom is -0.449 e. The molecule has 0 bridgehead atoms. The number of hydrogen-bond donors (Lipinski definition) is 1. The van der Waals surface area contributed by atoms with Crippen molar-refractivity contribution in [3.8, 4) is 5.75 Å². The van der Waals surface area contributed by atoms with Crippen molar-refractivity contribution in [2.75, 3.05) is 0 Å². The third kappa shape index (κ3) is 2.70. The predicted molar refractivity (Wildman–Crippen MR) is 60.4 cm³/mol. The van der Waals surface area contributed by atoms with Crippen molar-refractivity contribution in [1.29, 1.82) is 0 Å². The van der Waals surface area contributed by atoms with E-state index in [0.29, 0.717) is 6.20 Å². The summed E-state index contributed by atoms with van der Waals surface area (Å²) < 4.78 is 42.0. The number of carbonyl (C=O) groups is 1. The van der Waals surface area contributed by atoms with Gasteiger partial charge in [0, 0.05) is 11.6 Å². The monoisotopic (exact) mass is 291 g/mol. The Balaban J connectivity index is 2.64. The van der Waals surface area contributed by atoms with Crippen molar-refractivity contribution in [1.82, 2.24) is 4.98 Å². The van der Waals surface area contributed by atoms with Gasteiger partial charge < -0.3 is 9.84 Å². The number of rotatable bonds is 1. The standard InChI is InChI=1S/C11H5ClF3NO3/c12-7-2-1-5-3-6(11(13,14)15)4-16-8(5)9(7)19-10(17)18/h1-4H,(H,17,18). The highest BCUT2D eigenvalue weighted by Crippen LogP contribution is 2.35. The summed E-state index contributed by atoms with van der Waals surface area (Å²) in [6.07, 6.45) is -5.57. The minimum absolute atomic E-state index is 0.0529. The van der Waals surface area contributed by atoms with Crippen LogP contribution in [0.3, 0.4) is 0 Å². The Hall–Kier alpha value is -2.02. The molecule has 0 aliphatic carbocycles. The van der Waals surface area contributed by atoms with Crippen LogP contribution in [0, 0.1) is 0 Å². The minimum atomic E-state index is -4.53. The smallest absolute Gasteiger partial charge is 0.449 e. The lowest BCUT2D eigenvalue weighted by Gasteiger charge is -2.10. The van der Waals surface area contributed by atoms with Crippen molar-refractivity contribution in [2.24, 2.45) is 0 Å². The van der Waals surface area contributed by atoms with Gasteiger partial charge in [-0.15, -0.1) is 0 Å². The number of ether oxygens (including phenoxy) is 1. The average Bonchev–Trinajstić information content (AvgIpc) is 2.30. The van der Waals surface area contributed by atoms with Crippen LogP contribution >= 0.6 is 11.6 Å². The molecule has 0 atom stereocenters. The van der Waals surface area contributed by atoms with Gasteiger partial charge in [0.1, 0.15) is 5.52 Å². The number of hydrogen-bond acceptors (Lipinski definition) is 3. The molecule has 0 saturated carbocycles. The average molecular weight is 292 g/mol. The summed E-state index contributed by atoms with van der Waals surface area (Å²) in [6.45, 7) is 0. The Bertz CT molecular complexity index is 657. The van der Waals surface area contributed by atoms with E-state index in [1.54, 1.807) is 0 Å². The number of pyridine rings is 1. The first kappa shape index (κ1) is 13.4. The van der Waals surface area contributed by atoms with E-state index in [4.69, 9.17) is 16.7 Å². The molecule has 1 aromatic heterocycles. The molecule has 19 heavy (non-hydrogen) atoms. The van der Waals surface area contributed by atoms with E-state index < -0.39 is 17.9 Å². The highest BCUT2D eigenvalue weighted by atomic mass is 35.5. The quantitative estimate of drug-likeness (QED) is 0.638. The lowest BCUT2D eigenvalue weighted by atomic mass is 10.1. The van der Waals surface area contributed by atoms with Crippen LogP contribution < -0.4 is 4.74 Å². The third-order valence-electron chi connectivity index (χ3n) is 2.28. The molecule has 8 heteroatoms. The third-order valence-corrected chi connectivity index (χ3v) is 2.57. The summed E-state index contributed by atoms with van der Waals surface area (Å²) in [4.78, 5) is 14.1. The Morgan fingerprint density at radius 3 is 2.63 bits per heavy atom. The van der Waals surface area contributed by atoms with Gasteiger partial charge in [-0.2, -0.15) is 13.2 Å². The second-order valence-corrected chi connectivity index (χ2v) is 3.95. The summed E-state index contributed by atoms with van der Waals surface area (Å²) in [7, 11) is 0. The van der Waals surface area contributed by atoms with Gasteiger partial charge in [-0.1, -0.05) is 17.7 Å². The van der Waals surface area contributed by atoms with E-state index in [-0.39, 0.29) is 21.7 Å². The van der Waals surface area contributed by atoms with Crippen molar-refractivity contribution < 1.29 is 27.8 Å². The molecule has 0 radical (unpaired) electrons. The van der Waals surface area contributed by atoms with Gasteiger partial charge in [0.15, 0.2) is 5.75 Å². The Labute approximate surface area is 109 Å². The molecular formula is C11H5ClF3NO3. The number of aromatic nitrogens is 1. The maximum absolute atomic E-state index is 12.5. The molecule has 0 spiro atoms. The summed E-state index contributed by atoms with van der Waals surface area (Å²) in [5.74, 6) is -0.291. The van der Waals surface area contributed by atoms with Crippen molar-refractivity contribution in [3.63, 3.8) is 0 Å². The number of alkyl halides is 3. The van der Waals surface area contributed by atoms with Gasteiger partial charge in [-0.3, -0.25) is 4.98 Å². The van der Waals surface area contributed by atoms with E-state index in [0.717, 1.165) is 6.07 Å². The molecule has 1 heterocycles. The molecule has 4 nitrogen and oxygen atoms in total. The second-order valence-electron chi connectivity index (χ2n) is 3.54. The van der Waals surface area contributed by atoms with Gasteiger partial charge in [-0.25, -0.2) is 4.79 Å². The fourth-order valence-corrected chi connectivity index (χ4v) is 1.68. The van der Waals surface area contributed by atoms with Crippen molar-refractivity contribution in [3.05, 3.63) is 35.0 Å². The SMILES string of the molecule is O=C(O)Oc1c(Cl)ccc2cc(C(F)(F)F)cnc12. The maximum atomic E-state index is 12.5. The molecule has 0 aliphatic rings. The molecule has 0 saturated heterocycles. The summed E-state index contributed by atoms with van der Waals surface area (Å²) in [6, 6.07) is 3.38. The van der Waals surface area contributed by atoms with E-state index in [1.165, 1.54) is 12.1 Å². The molecule has 2 rings (SSSR count). The molecule has 2 aromatic rings. The van der Waals surface area contributed by atoms with Gasteiger partial charge in [-0.05, 0) is 12.1 Å². The van der Waals surface area contributed by atoms with Crippen LogP contribution in [0.2, 0.25) is 5.02 Å². The van der Waals surface area contributed by atoms with Gasteiger partial charge in [0.05, 0.1) is 10.6 Å². The lowest BCUT2D eigenvalue weighted by molar-refractivity contribution is -0.137. The largest absolute Gasteiger partial charge is 0.511 e. The number of nitrogens with zero attached hydrogens (tertiary/aromatic N) is 1. The van der Waals surface area contributed by atoms with Crippen LogP contribution in [0.4, 0.5) is 18.0 Å². The van der Waals surface area contributed by atoms with Crippen LogP contribution in [0.25, 0.3) is 10.9 Å². The lowest BCUT2D eigenvalue weighted by Crippen LogP contribution is -2.07. The van der Waals surface area contributed by atoms with Crippen LogP contribution in [0.1, 0.15) is 5.56 Å². The van der Waals surface area contributed by atoms with Gasteiger partial charge in [0.25, 0.3) is 0 Å². The zero-order chi connectivity index (χ0) is 14.2. The maximum Gasteiger partial charge on any atom is 0.511 e. The topological polar surface area (TPSA) is 59.4 Å². The fourth-order valence-electron chi connectivity index (χ4n) is 1.49. The van der Waals surface area contributed by atoms with Gasteiger partial charge >= 0.3 is 12.3 Å². The molecule has 0 amide bonds. The highest BCUT2D eigenvalue weighted by Gasteiger charge is 2.31. The molecule has 0 fully saturated rings. The molecule has 1 aromatic carbocycles. The van der Waals surface area contributed by atoms with E-state index in [2.05, 4.69) is 9.72 Å². The number of benzene rings is 1. The fraction of sp³-hybridized carbons (Fsp3) is 0.0909. The Morgan fingerprint density at radius 2 is 2.05 bits per heavy atom. The zero-order valence-electron chi connectivity index (χ0n) is 9.03. The summed E-state index contributed by atoms with van der Waals surface area (Å²) in [5, 5.41) is 8.57. The molecule has 100 valence electrons. The van der Waals surface area contributed by atoms with E-state index in [9.17, 15) is 18.0 Å². The van der Waals surface area contributed by atoms with E-state index in [1.807, 2.05) is 0 Å². The Morgan fingerprint density at radius 1 is 1.37 bits per heavy atom. The van der Waals surface area contributed by atoms with Crippen LogP contribution in [0.5, 0.6) is 5.75 Å². The highest BCUT2D eigenvalue weighted by molar-refractivity contribution is 6.33. The first-order valence-electron chi connectivity index (χ1n) is 4.85. The zero-order valence-corrected chi connectivity index (χ0v) is 9.79. The van der Waals surface area contributed by atoms with Crippen LogP contribution in [-0.2, 0) is 6.18 Å². The number of fused-ring (bicyclic) bond motifs is 1. The first-order valence-corrected chi connectivity index (χ1v) is 5.23. The van der Waals surface area contributed by atoms with Crippen LogP contribution in [0.15, 0.2) is 24.4 Å². The van der Waals surface area contributed by atoms with Crippen molar-refractivity contribution in [2.45, 2.75) is 6.18 Å². The predicted octanol–water partition coefficient (Wildman–Crippen LogP) is 3.96. The Kier molecular flexibility index (Phi) is 3.23. The molecular weight excluding hydrogens is 287 g/mol.